The van der Waals surface area contributed by atoms with Crippen molar-refractivity contribution in [3.63, 3.8) is 0 Å². The molecule has 0 radical (unpaired) electrons. The fourth-order valence-corrected chi connectivity index (χ4v) is 2.55. The Labute approximate surface area is 118 Å². The van der Waals surface area contributed by atoms with Crippen molar-refractivity contribution in [2.24, 2.45) is 5.92 Å². The van der Waals surface area contributed by atoms with Crippen LogP contribution in [0, 0.1) is 5.92 Å². The van der Waals surface area contributed by atoms with Gasteiger partial charge >= 0.3 is 0 Å². The van der Waals surface area contributed by atoms with E-state index in [-0.39, 0.29) is 11.8 Å². The number of amides is 1. The van der Waals surface area contributed by atoms with Crippen LogP contribution in [-0.2, 0) is 4.79 Å². The third kappa shape index (κ3) is 5.13. The van der Waals surface area contributed by atoms with E-state index in [1.54, 1.807) is 4.90 Å². The third-order valence-electron chi connectivity index (χ3n) is 4.35. The van der Waals surface area contributed by atoms with E-state index >= 15 is 0 Å². The Morgan fingerprint density at radius 2 is 1.63 bits per heavy atom. The summed E-state index contributed by atoms with van der Waals surface area (Å²) in [5.74, 6) is 0.453. The predicted octanol–water partition coefficient (Wildman–Crippen LogP) is 3.36. The maximum Gasteiger partial charge on any atom is 0.222 e. The molecule has 0 atom stereocenters. The molecule has 0 aromatic heterocycles. The van der Waals surface area contributed by atoms with Gasteiger partial charge in [0.25, 0.3) is 0 Å². The molecule has 1 N–H and O–H groups in total. The lowest BCUT2D eigenvalue weighted by Gasteiger charge is -2.49. The molecule has 0 spiro atoms. The summed E-state index contributed by atoms with van der Waals surface area (Å²) in [7, 11) is 0. The highest BCUT2D eigenvalue weighted by Crippen LogP contribution is 2.29. The molecule has 19 heavy (non-hydrogen) atoms. The molecule has 1 heterocycles. The first-order valence-electron chi connectivity index (χ1n) is 7.99. The summed E-state index contributed by atoms with van der Waals surface area (Å²) in [4.78, 5) is 13.7. The van der Waals surface area contributed by atoms with Crippen LogP contribution in [0.1, 0.15) is 72.1 Å². The van der Waals surface area contributed by atoms with Gasteiger partial charge in [0.15, 0.2) is 0 Å². The summed E-state index contributed by atoms with van der Waals surface area (Å²) in [5.41, 5.74) is -0.629. The zero-order valence-electron chi connectivity index (χ0n) is 13.0. The van der Waals surface area contributed by atoms with E-state index in [0.29, 0.717) is 19.5 Å². The Kier molecular flexibility index (Phi) is 6.84. The fraction of sp³-hybridized carbons (Fsp3) is 0.938. The Balaban J connectivity index is 2.01. The van der Waals surface area contributed by atoms with Crippen molar-refractivity contribution in [1.29, 1.82) is 0 Å². The second kappa shape index (κ2) is 7.88. The van der Waals surface area contributed by atoms with Crippen LogP contribution in [0.25, 0.3) is 0 Å². The molecular formula is C16H31NO2. The lowest BCUT2D eigenvalue weighted by atomic mass is 9.83. The fourth-order valence-electron chi connectivity index (χ4n) is 2.55. The Morgan fingerprint density at radius 3 is 2.16 bits per heavy atom. The van der Waals surface area contributed by atoms with Crippen LogP contribution in [0.4, 0.5) is 0 Å². The van der Waals surface area contributed by atoms with Crippen LogP contribution >= 0.6 is 0 Å². The molecule has 0 unspecified atom stereocenters. The molecule has 0 saturated carbocycles. The van der Waals surface area contributed by atoms with Gasteiger partial charge in [0.2, 0.25) is 5.91 Å². The van der Waals surface area contributed by atoms with Crippen molar-refractivity contribution in [1.82, 2.24) is 4.90 Å². The van der Waals surface area contributed by atoms with E-state index in [0.717, 1.165) is 12.8 Å². The molecule has 0 aliphatic carbocycles. The average molecular weight is 269 g/mol. The van der Waals surface area contributed by atoms with Gasteiger partial charge in [-0.1, -0.05) is 59.3 Å². The number of hydrogen-bond donors (Lipinski definition) is 1. The second-order valence-corrected chi connectivity index (χ2v) is 6.38. The predicted molar refractivity (Wildman–Crippen MR) is 79.0 cm³/mol. The lowest BCUT2D eigenvalue weighted by Crippen LogP contribution is -2.65. The number of likely N-dealkylation sites (tertiary alicyclic amines) is 1. The summed E-state index contributed by atoms with van der Waals surface area (Å²) >= 11 is 0. The van der Waals surface area contributed by atoms with Crippen molar-refractivity contribution in [2.45, 2.75) is 77.7 Å². The summed E-state index contributed by atoms with van der Waals surface area (Å²) in [5, 5.41) is 10.1. The van der Waals surface area contributed by atoms with Crippen LogP contribution < -0.4 is 0 Å². The topological polar surface area (TPSA) is 40.5 Å². The van der Waals surface area contributed by atoms with Gasteiger partial charge in [-0.05, 0) is 12.3 Å². The van der Waals surface area contributed by atoms with Gasteiger partial charge < -0.3 is 10.0 Å². The Hall–Kier alpha value is -0.570. The first kappa shape index (κ1) is 16.5. The van der Waals surface area contributed by atoms with Crippen LogP contribution in [0.3, 0.4) is 0 Å². The van der Waals surface area contributed by atoms with Crippen LogP contribution in [0.2, 0.25) is 0 Å². The van der Waals surface area contributed by atoms with Crippen molar-refractivity contribution >= 4 is 5.91 Å². The quantitative estimate of drug-likeness (QED) is 0.652. The van der Waals surface area contributed by atoms with E-state index in [9.17, 15) is 9.90 Å². The number of carbonyl (C=O) groups excluding carboxylic acids is 1. The molecule has 1 aliphatic heterocycles. The molecule has 3 heteroatoms. The lowest BCUT2D eigenvalue weighted by molar-refractivity contribution is -0.163. The highest BCUT2D eigenvalue weighted by Gasteiger charge is 2.45. The van der Waals surface area contributed by atoms with Gasteiger partial charge in [0.1, 0.15) is 5.60 Å². The van der Waals surface area contributed by atoms with Gasteiger partial charge in [-0.2, -0.15) is 0 Å². The summed E-state index contributed by atoms with van der Waals surface area (Å²) < 4.78 is 0. The smallest absolute Gasteiger partial charge is 0.222 e. The normalized spacial score (nSPS) is 17.6. The standard InChI is InChI=1S/C16H31NO2/c1-4-5-6-7-8-9-10-11-15(18)17-12-16(19,13-17)14(2)3/h14,19H,4-13H2,1-3H3. The maximum absolute atomic E-state index is 11.9. The third-order valence-corrected chi connectivity index (χ3v) is 4.35. The molecule has 1 amide bonds. The first-order chi connectivity index (χ1) is 8.99. The van der Waals surface area contributed by atoms with Crippen LogP contribution in [-0.4, -0.2) is 34.6 Å². The van der Waals surface area contributed by atoms with Crippen molar-refractivity contribution < 1.29 is 9.90 Å². The zero-order valence-corrected chi connectivity index (χ0v) is 13.0. The number of hydrogen-bond acceptors (Lipinski definition) is 2. The maximum atomic E-state index is 11.9. The van der Waals surface area contributed by atoms with Gasteiger partial charge in [0, 0.05) is 6.42 Å². The number of carbonyl (C=O) groups is 1. The van der Waals surface area contributed by atoms with E-state index in [1.165, 1.54) is 32.1 Å². The van der Waals surface area contributed by atoms with E-state index < -0.39 is 5.60 Å². The highest BCUT2D eigenvalue weighted by atomic mass is 16.3. The monoisotopic (exact) mass is 269 g/mol. The molecule has 1 rings (SSSR count). The highest BCUT2D eigenvalue weighted by molar-refractivity contribution is 5.77. The SMILES string of the molecule is CCCCCCCCCC(=O)N1CC(O)(C(C)C)C1. The molecule has 3 nitrogen and oxygen atoms in total. The number of aliphatic hydroxyl groups is 1. The molecule has 0 aromatic carbocycles. The first-order valence-corrected chi connectivity index (χ1v) is 7.99. The van der Waals surface area contributed by atoms with E-state index in [1.807, 2.05) is 13.8 Å². The number of unbranched alkanes of at least 4 members (excludes halogenated alkanes) is 6. The average Bonchev–Trinajstić information content (AvgIpc) is 2.33. The summed E-state index contributed by atoms with van der Waals surface area (Å²) in [6.45, 7) is 7.31. The van der Waals surface area contributed by atoms with Crippen LogP contribution in [0.5, 0.6) is 0 Å². The van der Waals surface area contributed by atoms with Crippen molar-refractivity contribution in [2.75, 3.05) is 13.1 Å². The molecule has 112 valence electrons. The Morgan fingerprint density at radius 1 is 1.11 bits per heavy atom. The summed E-state index contributed by atoms with van der Waals surface area (Å²) in [6.07, 6.45) is 9.33. The van der Waals surface area contributed by atoms with Crippen LogP contribution in [0.15, 0.2) is 0 Å². The summed E-state index contributed by atoms with van der Waals surface area (Å²) in [6, 6.07) is 0. The zero-order chi connectivity index (χ0) is 14.3. The number of rotatable bonds is 9. The van der Waals surface area contributed by atoms with Crippen molar-refractivity contribution in [3.05, 3.63) is 0 Å². The van der Waals surface area contributed by atoms with E-state index in [4.69, 9.17) is 0 Å². The van der Waals surface area contributed by atoms with Crippen molar-refractivity contribution in [3.8, 4) is 0 Å². The minimum atomic E-state index is -0.629. The number of nitrogens with zero attached hydrogens (tertiary/aromatic N) is 1. The largest absolute Gasteiger partial charge is 0.386 e. The molecular weight excluding hydrogens is 238 g/mol. The molecule has 1 saturated heterocycles. The molecule has 1 aliphatic rings. The van der Waals surface area contributed by atoms with Gasteiger partial charge in [-0.25, -0.2) is 0 Å². The second-order valence-electron chi connectivity index (χ2n) is 6.38. The number of β-amino-alcohol motifs (C(OH)–C–C–N with tert-alkyl or cyclic N) is 1. The minimum Gasteiger partial charge on any atom is -0.386 e. The Bertz CT molecular complexity index is 270. The molecule has 0 aromatic rings. The van der Waals surface area contributed by atoms with Gasteiger partial charge in [-0.3, -0.25) is 4.79 Å². The van der Waals surface area contributed by atoms with E-state index in [2.05, 4.69) is 6.92 Å². The van der Waals surface area contributed by atoms with Gasteiger partial charge in [0.05, 0.1) is 13.1 Å². The molecule has 0 bridgehead atoms. The molecule has 1 fully saturated rings. The minimum absolute atomic E-state index is 0.221. The van der Waals surface area contributed by atoms with Gasteiger partial charge in [-0.15, -0.1) is 0 Å².